The average molecular weight is 527 g/mol. The third kappa shape index (κ3) is 4.54. The van der Waals surface area contributed by atoms with Crippen molar-refractivity contribution in [3.05, 3.63) is 93.9 Å². The molecule has 37 heavy (non-hydrogen) atoms. The lowest BCUT2D eigenvalue weighted by molar-refractivity contribution is -0.113. The number of carbonyl (C=O) groups is 1. The van der Waals surface area contributed by atoms with Gasteiger partial charge in [0.25, 0.3) is 5.56 Å². The Hall–Kier alpha value is -4.21. The van der Waals surface area contributed by atoms with Gasteiger partial charge in [0.2, 0.25) is 5.91 Å². The summed E-state index contributed by atoms with van der Waals surface area (Å²) in [5.74, 6) is -0.113. The Labute approximate surface area is 219 Å². The molecule has 0 saturated heterocycles. The highest BCUT2D eigenvalue weighted by Gasteiger charge is 2.15. The van der Waals surface area contributed by atoms with E-state index in [0.29, 0.717) is 27.1 Å². The van der Waals surface area contributed by atoms with E-state index in [1.54, 1.807) is 6.92 Å². The molecule has 0 bridgehead atoms. The monoisotopic (exact) mass is 526 g/mol. The fraction of sp³-hybridized carbons (Fsp3) is 0.0741. The van der Waals surface area contributed by atoms with Crippen molar-refractivity contribution in [2.75, 3.05) is 11.1 Å². The molecule has 0 aliphatic heterocycles. The van der Waals surface area contributed by atoms with Crippen LogP contribution in [0.1, 0.15) is 5.69 Å². The summed E-state index contributed by atoms with van der Waals surface area (Å²) in [4.78, 5) is 35.9. The van der Waals surface area contributed by atoms with Gasteiger partial charge < -0.3 is 10.3 Å². The molecular formula is C27H19ClN6O2S. The normalized spacial score (nSPS) is 11.4. The van der Waals surface area contributed by atoms with E-state index in [1.165, 1.54) is 17.8 Å². The third-order valence-corrected chi connectivity index (χ3v) is 6.97. The Balaban J connectivity index is 1.34. The zero-order chi connectivity index (χ0) is 25.5. The minimum Gasteiger partial charge on any atom is -0.325 e. The van der Waals surface area contributed by atoms with E-state index in [2.05, 4.69) is 15.3 Å². The second-order valence-electron chi connectivity index (χ2n) is 8.48. The van der Waals surface area contributed by atoms with Crippen molar-refractivity contribution >= 4 is 62.4 Å². The first-order chi connectivity index (χ1) is 17.9. The number of hydrogen-bond donors (Lipinski definition) is 2. The molecule has 0 radical (unpaired) electrons. The van der Waals surface area contributed by atoms with Crippen LogP contribution in [-0.2, 0) is 4.79 Å². The first-order valence-electron chi connectivity index (χ1n) is 11.4. The van der Waals surface area contributed by atoms with Gasteiger partial charge in [-0.2, -0.15) is 5.10 Å². The summed E-state index contributed by atoms with van der Waals surface area (Å²) >= 11 is 7.27. The second kappa shape index (κ2) is 9.34. The van der Waals surface area contributed by atoms with Crippen molar-refractivity contribution in [1.82, 2.24) is 24.6 Å². The minimum absolute atomic E-state index is 0.103. The predicted octanol–water partition coefficient (Wildman–Crippen LogP) is 5.48. The predicted molar refractivity (Wildman–Crippen MR) is 147 cm³/mol. The first kappa shape index (κ1) is 23.2. The summed E-state index contributed by atoms with van der Waals surface area (Å²) in [6, 6.07) is 22.6. The van der Waals surface area contributed by atoms with Gasteiger partial charge in [-0.3, -0.25) is 9.59 Å². The molecular weight excluding hydrogens is 508 g/mol. The molecule has 1 amide bonds. The summed E-state index contributed by atoms with van der Waals surface area (Å²) in [7, 11) is 0. The number of imidazole rings is 1. The number of nitrogens with zero attached hydrogens (tertiary/aromatic N) is 4. The van der Waals surface area contributed by atoms with Crippen molar-refractivity contribution in [1.29, 1.82) is 0 Å². The SMILES string of the molecule is Cc1cc(=O)[nH]c(SCC(=O)Nc2ccc3c(c2)nc2c4ccccc4c(-c4ccc(Cl)cc4)nn32)n1. The van der Waals surface area contributed by atoms with Crippen LogP contribution >= 0.6 is 23.4 Å². The molecule has 10 heteroatoms. The van der Waals surface area contributed by atoms with Crippen molar-refractivity contribution in [3.8, 4) is 11.3 Å². The molecule has 0 unspecified atom stereocenters. The van der Waals surface area contributed by atoms with Gasteiger partial charge in [-0.1, -0.05) is 59.8 Å². The topological polar surface area (TPSA) is 105 Å². The van der Waals surface area contributed by atoms with Crippen molar-refractivity contribution < 1.29 is 4.79 Å². The van der Waals surface area contributed by atoms with Crippen LogP contribution in [-0.4, -0.2) is 36.2 Å². The maximum absolute atomic E-state index is 12.6. The van der Waals surface area contributed by atoms with Gasteiger partial charge in [0.05, 0.1) is 22.5 Å². The smallest absolute Gasteiger partial charge is 0.251 e. The van der Waals surface area contributed by atoms with E-state index in [0.717, 1.165) is 33.2 Å². The largest absolute Gasteiger partial charge is 0.325 e. The number of amides is 1. The van der Waals surface area contributed by atoms with Gasteiger partial charge in [0, 0.05) is 38.8 Å². The molecule has 3 aromatic heterocycles. The number of fused-ring (bicyclic) bond motifs is 5. The Morgan fingerprint density at radius 3 is 2.59 bits per heavy atom. The van der Waals surface area contributed by atoms with Gasteiger partial charge in [-0.05, 0) is 37.3 Å². The van der Waals surface area contributed by atoms with Crippen molar-refractivity contribution in [3.63, 3.8) is 0 Å². The van der Waals surface area contributed by atoms with Crippen molar-refractivity contribution in [2.24, 2.45) is 0 Å². The van der Waals surface area contributed by atoms with Gasteiger partial charge in [-0.25, -0.2) is 14.5 Å². The molecule has 2 N–H and O–H groups in total. The highest BCUT2D eigenvalue weighted by molar-refractivity contribution is 7.99. The minimum atomic E-state index is -0.243. The van der Waals surface area contributed by atoms with Crippen LogP contribution in [0, 0.1) is 6.92 Å². The zero-order valence-electron chi connectivity index (χ0n) is 19.5. The molecule has 0 saturated carbocycles. The number of rotatable bonds is 5. The van der Waals surface area contributed by atoms with Crippen LogP contribution in [0.2, 0.25) is 5.02 Å². The molecule has 3 aromatic carbocycles. The Kier molecular flexibility index (Phi) is 5.86. The lowest BCUT2D eigenvalue weighted by Crippen LogP contribution is -2.15. The lowest BCUT2D eigenvalue weighted by atomic mass is 10.1. The fourth-order valence-electron chi connectivity index (χ4n) is 4.23. The lowest BCUT2D eigenvalue weighted by Gasteiger charge is -2.08. The molecule has 6 aromatic rings. The highest BCUT2D eigenvalue weighted by Crippen LogP contribution is 2.32. The summed E-state index contributed by atoms with van der Waals surface area (Å²) in [5, 5.41) is 10.9. The fourth-order valence-corrected chi connectivity index (χ4v) is 5.08. The van der Waals surface area contributed by atoms with Crippen LogP contribution in [0.15, 0.2) is 82.7 Å². The Bertz CT molecular complexity index is 1880. The van der Waals surface area contributed by atoms with Gasteiger partial charge in [0.1, 0.15) is 0 Å². The molecule has 0 fully saturated rings. The molecule has 8 nitrogen and oxygen atoms in total. The van der Waals surface area contributed by atoms with Crippen LogP contribution < -0.4 is 10.9 Å². The number of halogens is 1. The number of anilines is 1. The number of H-pyrrole nitrogens is 1. The van der Waals surface area contributed by atoms with Gasteiger partial charge >= 0.3 is 0 Å². The number of aromatic nitrogens is 5. The number of nitrogens with one attached hydrogen (secondary N) is 2. The van der Waals surface area contributed by atoms with E-state index in [1.807, 2.05) is 71.2 Å². The van der Waals surface area contributed by atoms with Crippen LogP contribution in [0.25, 0.3) is 38.7 Å². The van der Waals surface area contributed by atoms with E-state index in [4.69, 9.17) is 21.7 Å². The summed E-state index contributed by atoms with van der Waals surface area (Å²) in [6.45, 7) is 1.74. The second-order valence-corrected chi connectivity index (χ2v) is 9.88. The van der Waals surface area contributed by atoms with E-state index < -0.39 is 0 Å². The van der Waals surface area contributed by atoms with Gasteiger partial charge in [-0.15, -0.1) is 0 Å². The van der Waals surface area contributed by atoms with Gasteiger partial charge in [0.15, 0.2) is 10.8 Å². The molecule has 0 atom stereocenters. The third-order valence-electron chi connectivity index (χ3n) is 5.84. The highest BCUT2D eigenvalue weighted by atomic mass is 35.5. The average Bonchev–Trinajstić information content (AvgIpc) is 3.25. The number of aromatic amines is 1. The zero-order valence-corrected chi connectivity index (χ0v) is 21.1. The molecule has 0 aliphatic rings. The maximum Gasteiger partial charge on any atom is 0.251 e. The molecule has 6 rings (SSSR count). The summed E-state index contributed by atoms with van der Waals surface area (Å²) in [5.41, 5.74) is 5.03. The molecule has 182 valence electrons. The molecule has 0 spiro atoms. The first-order valence-corrected chi connectivity index (χ1v) is 12.8. The van der Waals surface area contributed by atoms with E-state index in [-0.39, 0.29) is 17.2 Å². The van der Waals surface area contributed by atoms with Crippen molar-refractivity contribution in [2.45, 2.75) is 12.1 Å². The van der Waals surface area contributed by atoms with Crippen LogP contribution in [0.4, 0.5) is 5.69 Å². The Morgan fingerprint density at radius 2 is 1.81 bits per heavy atom. The van der Waals surface area contributed by atoms with E-state index >= 15 is 0 Å². The standard InChI is InChI=1S/C27H19ClN6O2S/c1-15-12-23(35)32-27(29-15)37-14-24(36)30-18-10-11-22-21(13-18)31-26-20-5-3-2-4-19(20)25(33-34(22)26)16-6-8-17(28)9-7-16/h2-13H,14H2,1H3,(H,30,36)(H,29,32,35). The number of carbonyl (C=O) groups excluding carboxylic acids is 1. The quantitative estimate of drug-likeness (QED) is 0.228. The molecule has 0 aliphatic carbocycles. The summed E-state index contributed by atoms with van der Waals surface area (Å²) < 4.78 is 1.84. The Morgan fingerprint density at radius 1 is 1.03 bits per heavy atom. The number of benzene rings is 3. The number of aryl methyl sites for hydroxylation is 1. The van der Waals surface area contributed by atoms with Crippen LogP contribution in [0.5, 0.6) is 0 Å². The van der Waals surface area contributed by atoms with Crippen LogP contribution in [0.3, 0.4) is 0 Å². The maximum atomic E-state index is 12.6. The summed E-state index contributed by atoms with van der Waals surface area (Å²) in [6.07, 6.45) is 0. The number of hydrogen-bond acceptors (Lipinski definition) is 6. The number of thioether (sulfide) groups is 1. The van der Waals surface area contributed by atoms with E-state index in [9.17, 15) is 9.59 Å². The molecule has 3 heterocycles.